The second-order valence-electron chi connectivity index (χ2n) is 6.25. The lowest BCUT2D eigenvalue weighted by Gasteiger charge is -2.16. The molecule has 2 rings (SSSR count). The van der Waals surface area contributed by atoms with Crippen LogP contribution < -0.4 is 10.5 Å². The van der Waals surface area contributed by atoms with Crippen LogP contribution in [0.1, 0.15) is 50.6 Å². The quantitative estimate of drug-likeness (QED) is 0.887. The molecule has 4 nitrogen and oxygen atoms in total. The Kier molecular flexibility index (Phi) is 4.68. The van der Waals surface area contributed by atoms with Crippen LogP contribution in [0.25, 0.3) is 0 Å². The van der Waals surface area contributed by atoms with E-state index in [0.717, 1.165) is 22.7 Å². The SMILES string of the molecule is CCOc1cccc(C(CN)c2cc(C(C)(C)C)n[nH]2)c1. The molecule has 4 heteroatoms. The molecule has 0 aliphatic heterocycles. The van der Waals surface area contributed by atoms with E-state index in [1.807, 2.05) is 19.1 Å². The second-order valence-corrected chi connectivity index (χ2v) is 6.25. The van der Waals surface area contributed by atoms with Gasteiger partial charge in [-0.3, -0.25) is 5.10 Å². The number of nitrogens with zero attached hydrogens (tertiary/aromatic N) is 1. The lowest BCUT2D eigenvalue weighted by Crippen LogP contribution is -2.14. The van der Waals surface area contributed by atoms with Gasteiger partial charge in [0, 0.05) is 23.6 Å². The van der Waals surface area contributed by atoms with Crippen LogP contribution in [0.4, 0.5) is 0 Å². The van der Waals surface area contributed by atoms with Crippen LogP contribution in [0.5, 0.6) is 5.75 Å². The van der Waals surface area contributed by atoms with Crippen molar-refractivity contribution in [3.63, 3.8) is 0 Å². The molecule has 2 aromatic rings. The van der Waals surface area contributed by atoms with Crippen molar-refractivity contribution < 1.29 is 4.74 Å². The van der Waals surface area contributed by atoms with Gasteiger partial charge in [-0.15, -0.1) is 0 Å². The van der Waals surface area contributed by atoms with Crippen molar-refractivity contribution in [1.29, 1.82) is 0 Å². The number of rotatable bonds is 5. The van der Waals surface area contributed by atoms with E-state index in [4.69, 9.17) is 10.5 Å². The van der Waals surface area contributed by atoms with Crippen molar-refractivity contribution in [1.82, 2.24) is 10.2 Å². The van der Waals surface area contributed by atoms with Gasteiger partial charge in [-0.25, -0.2) is 0 Å². The molecule has 0 bridgehead atoms. The van der Waals surface area contributed by atoms with Crippen LogP contribution >= 0.6 is 0 Å². The average Bonchev–Trinajstić information content (AvgIpc) is 2.90. The largest absolute Gasteiger partial charge is 0.494 e. The zero-order valence-corrected chi connectivity index (χ0v) is 13.3. The first-order valence-corrected chi connectivity index (χ1v) is 7.44. The number of nitrogens with one attached hydrogen (secondary N) is 1. The molecule has 0 fully saturated rings. The van der Waals surface area contributed by atoms with Crippen LogP contribution in [0.2, 0.25) is 0 Å². The monoisotopic (exact) mass is 287 g/mol. The summed E-state index contributed by atoms with van der Waals surface area (Å²) < 4.78 is 5.57. The zero-order valence-electron chi connectivity index (χ0n) is 13.3. The molecule has 0 spiro atoms. The predicted octanol–water partition coefficient (Wildman–Crippen LogP) is 3.20. The molecule has 0 saturated carbocycles. The van der Waals surface area contributed by atoms with Crippen LogP contribution in [0.3, 0.4) is 0 Å². The van der Waals surface area contributed by atoms with Gasteiger partial charge in [-0.05, 0) is 30.7 Å². The van der Waals surface area contributed by atoms with Crippen molar-refractivity contribution in [2.75, 3.05) is 13.2 Å². The van der Waals surface area contributed by atoms with Gasteiger partial charge in [0.15, 0.2) is 0 Å². The fraction of sp³-hybridized carbons (Fsp3) is 0.471. The number of hydrogen-bond donors (Lipinski definition) is 2. The average molecular weight is 287 g/mol. The smallest absolute Gasteiger partial charge is 0.119 e. The highest BCUT2D eigenvalue weighted by atomic mass is 16.5. The molecule has 1 heterocycles. The first kappa shape index (κ1) is 15.6. The fourth-order valence-corrected chi connectivity index (χ4v) is 2.33. The number of aromatic nitrogens is 2. The van der Waals surface area contributed by atoms with Crippen molar-refractivity contribution in [2.45, 2.75) is 39.0 Å². The first-order valence-electron chi connectivity index (χ1n) is 7.44. The van der Waals surface area contributed by atoms with Crippen molar-refractivity contribution >= 4 is 0 Å². The Morgan fingerprint density at radius 2 is 2.05 bits per heavy atom. The summed E-state index contributed by atoms with van der Waals surface area (Å²) in [5.74, 6) is 0.984. The van der Waals surface area contributed by atoms with E-state index >= 15 is 0 Å². The third-order valence-electron chi connectivity index (χ3n) is 3.55. The normalized spacial score (nSPS) is 13.2. The standard InChI is InChI=1S/C17H25N3O/c1-5-21-13-8-6-7-12(9-13)14(11-18)15-10-16(20-19-15)17(2,3)4/h6-10,14H,5,11,18H2,1-4H3,(H,19,20). The summed E-state index contributed by atoms with van der Waals surface area (Å²) in [5, 5.41) is 7.57. The first-order chi connectivity index (χ1) is 9.95. The lowest BCUT2D eigenvalue weighted by molar-refractivity contribution is 0.340. The lowest BCUT2D eigenvalue weighted by atomic mass is 9.90. The molecule has 114 valence electrons. The van der Waals surface area contributed by atoms with Crippen LogP contribution in [0, 0.1) is 0 Å². The molecule has 0 amide bonds. The summed E-state index contributed by atoms with van der Waals surface area (Å²) in [7, 11) is 0. The minimum Gasteiger partial charge on any atom is -0.494 e. The number of nitrogens with two attached hydrogens (primary N) is 1. The topological polar surface area (TPSA) is 63.9 Å². The summed E-state index contributed by atoms with van der Waals surface area (Å²) >= 11 is 0. The Labute approximate surface area is 126 Å². The highest BCUT2D eigenvalue weighted by molar-refractivity contribution is 5.36. The van der Waals surface area contributed by atoms with Crippen molar-refractivity contribution in [2.24, 2.45) is 5.73 Å². The van der Waals surface area contributed by atoms with Gasteiger partial charge in [0.05, 0.1) is 12.3 Å². The molecular formula is C17H25N3O. The number of hydrogen-bond acceptors (Lipinski definition) is 3. The molecule has 1 aromatic heterocycles. The van der Waals surface area contributed by atoms with Crippen LogP contribution in [-0.2, 0) is 5.41 Å². The third kappa shape index (κ3) is 3.64. The Bertz CT molecular complexity index is 584. The van der Waals surface area contributed by atoms with Gasteiger partial charge in [0.1, 0.15) is 5.75 Å². The molecule has 0 aliphatic carbocycles. The molecule has 1 atom stereocenters. The van der Waals surface area contributed by atoms with E-state index in [9.17, 15) is 0 Å². The molecule has 1 aromatic carbocycles. The Morgan fingerprint density at radius 1 is 1.29 bits per heavy atom. The molecule has 3 N–H and O–H groups in total. The predicted molar refractivity (Wildman–Crippen MR) is 85.8 cm³/mol. The van der Waals surface area contributed by atoms with Gasteiger partial charge >= 0.3 is 0 Å². The maximum atomic E-state index is 5.99. The van der Waals surface area contributed by atoms with Gasteiger partial charge in [-0.1, -0.05) is 32.9 Å². The summed E-state index contributed by atoms with van der Waals surface area (Å²) in [4.78, 5) is 0. The van der Waals surface area contributed by atoms with E-state index in [1.165, 1.54) is 0 Å². The maximum Gasteiger partial charge on any atom is 0.119 e. The van der Waals surface area contributed by atoms with Gasteiger partial charge in [-0.2, -0.15) is 5.10 Å². The third-order valence-corrected chi connectivity index (χ3v) is 3.55. The Morgan fingerprint density at radius 3 is 2.62 bits per heavy atom. The van der Waals surface area contributed by atoms with E-state index in [1.54, 1.807) is 0 Å². The van der Waals surface area contributed by atoms with Gasteiger partial charge in [0.25, 0.3) is 0 Å². The molecule has 21 heavy (non-hydrogen) atoms. The Balaban J connectivity index is 2.31. The van der Waals surface area contributed by atoms with E-state index in [2.05, 4.69) is 49.2 Å². The summed E-state index contributed by atoms with van der Waals surface area (Å²) in [6.45, 7) is 9.63. The van der Waals surface area contributed by atoms with Crippen LogP contribution in [0.15, 0.2) is 30.3 Å². The van der Waals surface area contributed by atoms with Gasteiger partial charge < -0.3 is 10.5 Å². The zero-order chi connectivity index (χ0) is 15.5. The van der Waals surface area contributed by atoms with Gasteiger partial charge in [0.2, 0.25) is 0 Å². The number of benzene rings is 1. The second kappa shape index (κ2) is 6.31. The highest BCUT2D eigenvalue weighted by Gasteiger charge is 2.21. The summed E-state index contributed by atoms with van der Waals surface area (Å²) in [5.41, 5.74) is 9.27. The molecule has 0 saturated heterocycles. The molecule has 0 aliphatic rings. The summed E-state index contributed by atoms with van der Waals surface area (Å²) in [6, 6.07) is 10.2. The van der Waals surface area contributed by atoms with E-state index in [0.29, 0.717) is 13.2 Å². The summed E-state index contributed by atoms with van der Waals surface area (Å²) in [6.07, 6.45) is 0. The number of H-pyrrole nitrogens is 1. The molecule has 1 unspecified atom stereocenters. The van der Waals surface area contributed by atoms with Crippen LogP contribution in [-0.4, -0.2) is 23.3 Å². The minimum absolute atomic E-state index is 0.0288. The van der Waals surface area contributed by atoms with Crippen molar-refractivity contribution in [3.05, 3.63) is 47.3 Å². The van der Waals surface area contributed by atoms with Crippen molar-refractivity contribution in [3.8, 4) is 5.75 Å². The highest BCUT2D eigenvalue weighted by Crippen LogP contribution is 2.28. The number of aromatic amines is 1. The molecule has 0 radical (unpaired) electrons. The Hall–Kier alpha value is -1.81. The minimum atomic E-state index is 0.0288. The maximum absolute atomic E-state index is 5.99. The fourth-order valence-electron chi connectivity index (χ4n) is 2.33. The van der Waals surface area contributed by atoms with E-state index < -0.39 is 0 Å². The number of ether oxygens (including phenoxy) is 1. The van der Waals surface area contributed by atoms with E-state index in [-0.39, 0.29) is 11.3 Å². The molecular weight excluding hydrogens is 262 g/mol.